The molecule has 2 aliphatic heterocycles. The number of aromatic nitrogens is 3. The third-order valence-corrected chi connectivity index (χ3v) is 6.65. The van der Waals surface area contributed by atoms with Crippen LogP contribution < -0.4 is 10.1 Å². The molecule has 3 aromatic rings. The topological polar surface area (TPSA) is 70.4 Å². The second kappa shape index (κ2) is 6.99. The quantitative estimate of drug-likeness (QED) is 0.653. The number of nitrogens with zero attached hydrogens (tertiary/aromatic N) is 4. The number of H-pyrrole nitrogens is 1. The van der Waals surface area contributed by atoms with Crippen molar-refractivity contribution in [3.63, 3.8) is 0 Å². The number of ether oxygens (including phenoxy) is 1. The SMILES string of the molecule is [C-]#[N+][C@@H]1CCN([C@H]2COc3ccccc3[C@@H]2Nc2ncnc3[nH]c(C4CC4)cc23)C1. The van der Waals surface area contributed by atoms with E-state index in [1.54, 1.807) is 6.33 Å². The fraction of sp³-hybridized carbons (Fsp3) is 0.435. The minimum absolute atomic E-state index is 0.0387. The third-order valence-electron chi connectivity index (χ3n) is 6.65. The van der Waals surface area contributed by atoms with Crippen LogP contribution in [-0.2, 0) is 0 Å². The zero-order valence-electron chi connectivity index (χ0n) is 16.7. The van der Waals surface area contributed by atoms with Crippen molar-refractivity contribution < 1.29 is 4.74 Å². The van der Waals surface area contributed by atoms with Crippen LogP contribution in [0.5, 0.6) is 5.75 Å². The van der Waals surface area contributed by atoms with Crippen LogP contribution in [0.15, 0.2) is 36.7 Å². The number of hydrogen-bond acceptors (Lipinski definition) is 5. The van der Waals surface area contributed by atoms with Crippen molar-refractivity contribution in [1.29, 1.82) is 0 Å². The maximum Gasteiger partial charge on any atom is 0.237 e. The van der Waals surface area contributed by atoms with E-state index >= 15 is 0 Å². The second-order valence-electron chi connectivity index (χ2n) is 8.59. The molecule has 2 N–H and O–H groups in total. The Kier molecular flexibility index (Phi) is 4.13. The van der Waals surface area contributed by atoms with Crippen LogP contribution in [0.1, 0.15) is 42.5 Å². The number of hydrogen-bond donors (Lipinski definition) is 2. The second-order valence-corrected chi connectivity index (χ2v) is 8.59. The highest BCUT2D eigenvalue weighted by Crippen LogP contribution is 2.42. The maximum absolute atomic E-state index is 7.41. The number of rotatable bonds is 4. The average molecular weight is 400 g/mol. The number of nitrogens with one attached hydrogen (secondary N) is 2. The first kappa shape index (κ1) is 17.7. The van der Waals surface area contributed by atoms with Crippen LogP contribution in [-0.4, -0.2) is 51.6 Å². The van der Waals surface area contributed by atoms with Gasteiger partial charge in [0.2, 0.25) is 6.04 Å². The predicted octanol–water partition coefficient (Wildman–Crippen LogP) is 3.74. The zero-order chi connectivity index (χ0) is 20.1. The summed E-state index contributed by atoms with van der Waals surface area (Å²) in [6.07, 6.45) is 5.04. The van der Waals surface area contributed by atoms with Gasteiger partial charge in [0, 0.05) is 24.2 Å². The lowest BCUT2D eigenvalue weighted by atomic mass is 9.95. The number of aromatic amines is 1. The Labute approximate surface area is 175 Å². The van der Waals surface area contributed by atoms with E-state index in [1.165, 1.54) is 18.5 Å². The van der Waals surface area contributed by atoms with Gasteiger partial charge < -0.3 is 19.9 Å². The van der Waals surface area contributed by atoms with Crippen molar-refractivity contribution in [3.05, 3.63) is 59.3 Å². The van der Waals surface area contributed by atoms with E-state index in [9.17, 15) is 0 Å². The van der Waals surface area contributed by atoms with Crippen LogP contribution in [0, 0.1) is 6.57 Å². The van der Waals surface area contributed by atoms with Crippen LogP contribution in [0.2, 0.25) is 0 Å². The molecule has 30 heavy (non-hydrogen) atoms. The minimum Gasteiger partial charge on any atom is -0.491 e. The number of fused-ring (bicyclic) bond motifs is 2. The summed E-state index contributed by atoms with van der Waals surface area (Å²) in [6.45, 7) is 9.75. The highest BCUT2D eigenvalue weighted by atomic mass is 16.5. The Morgan fingerprint density at radius 1 is 1.20 bits per heavy atom. The van der Waals surface area contributed by atoms with Crippen molar-refractivity contribution >= 4 is 16.9 Å². The summed E-state index contributed by atoms with van der Waals surface area (Å²) in [5, 5.41) is 4.79. The molecule has 4 heterocycles. The van der Waals surface area contributed by atoms with E-state index in [0.29, 0.717) is 12.5 Å². The van der Waals surface area contributed by atoms with Crippen LogP contribution in [0.3, 0.4) is 0 Å². The van der Waals surface area contributed by atoms with Gasteiger partial charge in [-0.3, -0.25) is 4.90 Å². The molecule has 0 unspecified atom stereocenters. The fourth-order valence-corrected chi connectivity index (χ4v) is 4.85. The summed E-state index contributed by atoms with van der Waals surface area (Å²) in [5.41, 5.74) is 3.29. The van der Waals surface area contributed by atoms with Crippen LogP contribution in [0.4, 0.5) is 5.82 Å². The van der Waals surface area contributed by atoms with E-state index in [4.69, 9.17) is 11.3 Å². The molecule has 1 aromatic carbocycles. The standard InChI is InChI=1S/C23H24N6O/c1-24-15-8-9-29(11-15)19-12-30-20-5-3-2-4-16(20)21(19)28-23-17-10-18(14-6-7-14)27-22(17)25-13-26-23/h2-5,10,13-15,19,21H,6-9,11-12H2,(H2,25,26,27,28)/t15-,19+,21+/m1/s1. The van der Waals surface area contributed by atoms with Gasteiger partial charge in [-0.05, 0) is 30.9 Å². The summed E-state index contributed by atoms with van der Waals surface area (Å²) in [7, 11) is 0. The van der Waals surface area contributed by atoms with Gasteiger partial charge in [0.25, 0.3) is 0 Å². The van der Waals surface area contributed by atoms with Gasteiger partial charge in [-0.25, -0.2) is 16.5 Å². The highest BCUT2D eigenvalue weighted by Gasteiger charge is 2.40. The van der Waals surface area contributed by atoms with E-state index in [2.05, 4.69) is 48.2 Å². The molecule has 7 heteroatoms. The maximum atomic E-state index is 7.41. The summed E-state index contributed by atoms with van der Waals surface area (Å²) in [6, 6.07) is 10.7. The molecule has 1 saturated carbocycles. The van der Waals surface area contributed by atoms with Gasteiger partial charge in [0.1, 0.15) is 30.1 Å². The van der Waals surface area contributed by atoms with Crippen molar-refractivity contribution in [1.82, 2.24) is 19.9 Å². The Bertz CT molecular complexity index is 1130. The van der Waals surface area contributed by atoms with E-state index in [0.717, 1.165) is 47.7 Å². The lowest BCUT2D eigenvalue weighted by Gasteiger charge is -2.39. The molecule has 0 radical (unpaired) electrons. The molecule has 2 fully saturated rings. The summed E-state index contributed by atoms with van der Waals surface area (Å²) >= 11 is 0. The van der Waals surface area contributed by atoms with Gasteiger partial charge in [-0.1, -0.05) is 18.2 Å². The Balaban J connectivity index is 1.37. The van der Waals surface area contributed by atoms with Crippen molar-refractivity contribution in [2.24, 2.45) is 0 Å². The molecule has 3 atom stereocenters. The number of anilines is 1. The number of benzene rings is 1. The molecule has 0 amide bonds. The lowest BCUT2D eigenvalue weighted by molar-refractivity contribution is 0.124. The van der Waals surface area contributed by atoms with E-state index in [-0.39, 0.29) is 18.1 Å². The summed E-state index contributed by atoms with van der Waals surface area (Å²) in [4.78, 5) is 18.7. The number of para-hydroxylation sites is 1. The summed E-state index contributed by atoms with van der Waals surface area (Å²) < 4.78 is 6.12. The van der Waals surface area contributed by atoms with Gasteiger partial charge in [0.15, 0.2) is 0 Å². The van der Waals surface area contributed by atoms with Gasteiger partial charge in [-0.2, -0.15) is 0 Å². The fourth-order valence-electron chi connectivity index (χ4n) is 4.85. The summed E-state index contributed by atoms with van der Waals surface area (Å²) in [5.74, 6) is 2.42. The van der Waals surface area contributed by atoms with E-state index in [1.807, 2.05) is 12.1 Å². The molecule has 1 aliphatic carbocycles. The third kappa shape index (κ3) is 2.99. The van der Waals surface area contributed by atoms with Crippen molar-refractivity contribution in [3.8, 4) is 5.75 Å². The molecular weight excluding hydrogens is 376 g/mol. The molecular formula is C23H24N6O. The molecule has 6 rings (SSSR count). The molecule has 0 spiro atoms. The Morgan fingerprint density at radius 2 is 2.10 bits per heavy atom. The highest BCUT2D eigenvalue weighted by molar-refractivity contribution is 5.88. The first-order valence-corrected chi connectivity index (χ1v) is 10.7. The zero-order valence-corrected chi connectivity index (χ0v) is 16.7. The molecule has 3 aliphatic rings. The van der Waals surface area contributed by atoms with Gasteiger partial charge in [-0.15, -0.1) is 0 Å². The smallest absolute Gasteiger partial charge is 0.237 e. The molecule has 7 nitrogen and oxygen atoms in total. The Hall–Kier alpha value is -3.11. The van der Waals surface area contributed by atoms with Crippen molar-refractivity contribution in [2.75, 3.05) is 25.0 Å². The van der Waals surface area contributed by atoms with Crippen molar-refractivity contribution in [2.45, 2.75) is 43.3 Å². The largest absolute Gasteiger partial charge is 0.491 e. The van der Waals surface area contributed by atoms with Crippen LogP contribution in [0.25, 0.3) is 15.9 Å². The lowest BCUT2D eigenvalue weighted by Crippen LogP contribution is -2.47. The predicted molar refractivity (Wildman–Crippen MR) is 115 cm³/mol. The average Bonchev–Trinajstić information content (AvgIpc) is 3.35. The number of likely N-dealkylation sites (tertiary alicyclic amines) is 1. The molecule has 0 bridgehead atoms. The molecule has 2 aromatic heterocycles. The normalized spacial score (nSPS) is 26.2. The van der Waals surface area contributed by atoms with Gasteiger partial charge in [0.05, 0.1) is 24.0 Å². The van der Waals surface area contributed by atoms with Crippen LogP contribution >= 0.6 is 0 Å². The monoisotopic (exact) mass is 400 g/mol. The van der Waals surface area contributed by atoms with E-state index < -0.39 is 0 Å². The molecule has 152 valence electrons. The van der Waals surface area contributed by atoms with Gasteiger partial charge >= 0.3 is 0 Å². The Morgan fingerprint density at radius 3 is 2.93 bits per heavy atom. The first-order valence-electron chi connectivity index (χ1n) is 10.7. The minimum atomic E-state index is 0.0387. The molecule has 1 saturated heterocycles. The first-order chi connectivity index (χ1) is 14.8.